The number of aromatic nitrogens is 2. The van der Waals surface area contributed by atoms with Gasteiger partial charge < -0.3 is 4.98 Å². The number of aromatic amines is 1. The first-order chi connectivity index (χ1) is 12.8. The fourth-order valence-corrected chi connectivity index (χ4v) is 5.26. The standard InChI is InChI=1S/C21H21N3OS/c25-21-22-17-7-2-3-8-18(17)24(21)12-5-11-23-13-10-20-16(14-23)15-6-1-4-9-19(15)26-20/h1-4,6-9H,5,10-14H2,(H,22,25). The average molecular weight is 363 g/mol. The van der Waals surface area contributed by atoms with Crippen LogP contribution in [0.15, 0.2) is 53.3 Å². The van der Waals surface area contributed by atoms with Crippen LogP contribution in [0.1, 0.15) is 16.9 Å². The average Bonchev–Trinajstić information content (AvgIpc) is 3.19. The Balaban J connectivity index is 1.29. The van der Waals surface area contributed by atoms with Crippen LogP contribution in [-0.4, -0.2) is 27.5 Å². The number of thiophene rings is 1. The van der Waals surface area contributed by atoms with Gasteiger partial charge in [-0.2, -0.15) is 0 Å². The molecule has 0 spiro atoms. The first-order valence-electron chi connectivity index (χ1n) is 9.19. The zero-order valence-electron chi connectivity index (χ0n) is 14.6. The molecule has 0 saturated carbocycles. The van der Waals surface area contributed by atoms with Crippen LogP contribution in [0.2, 0.25) is 0 Å². The summed E-state index contributed by atoms with van der Waals surface area (Å²) in [5.74, 6) is 0. The van der Waals surface area contributed by atoms with Gasteiger partial charge in [0.1, 0.15) is 0 Å². The normalized spacial score (nSPS) is 14.9. The van der Waals surface area contributed by atoms with E-state index in [0.29, 0.717) is 0 Å². The molecule has 1 aliphatic rings. The number of nitrogens with one attached hydrogen (secondary N) is 1. The van der Waals surface area contributed by atoms with Gasteiger partial charge in [0.05, 0.1) is 11.0 Å². The lowest BCUT2D eigenvalue weighted by Crippen LogP contribution is -2.31. The van der Waals surface area contributed by atoms with Crippen LogP contribution in [0.5, 0.6) is 0 Å². The highest BCUT2D eigenvalue weighted by Gasteiger charge is 2.20. The number of nitrogens with zero attached hydrogens (tertiary/aromatic N) is 2. The Labute approximate surface area is 155 Å². The number of aryl methyl sites for hydroxylation is 1. The Hall–Kier alpha value is -2.37. The molecule has 1 aliphatic heterocycles. The third-order valence-electron chi connectivity index (χ3n) is 5.36. The molecule has 4 aromatic rings. The number of rotatable bonds is 4. The Bertz CT molecular complexity index is 1140. The van der Waals surface area contributed by atoms with Crippen LogP contribution in [0, 0.1) is 0 Å². The second-order valence-electron chi connectivity index (χ2n) is 6.98. The van der Waals surface area contributed by atoms with Crippen molar-refractivity contribution in [2.24, 2.45) is 0 Å². The lowest BCUT2D eigenvalue weighted by molar-refractivity contribution is 0.249. The van der Waals surface area contributed by atoms with Gasteiger partial charge in [0.15, 0.2) is 0 Å². The van der Waals surface area contributed by atoms with E-state index in [2.05, 4.69) is 34.1 Å². The summed E-state index contributed by atoms with van der Waals surface area (Å²) in [4.78, 5) is 19.2. The van der Waals surface area contributed by atoms with Crippen LogP contribution in [0.25, 0.3) is 21.1 Å². The van der Waals surface area contributed by atoms with E-state index in [1.165, 1.54) is 15.6 Å². The van der Waals surface area contributed by atoms with Crippen molar-refractivity contribution in [2.45, 2.75) is 25.9 Å². The van der Waals surface area contributed by atoms with Gasteiger partial charge in [-0.15, -0.1) is 11.3 Å². The maximum atomic E-state index is 12.2. The van der Waals surface area contributed by atoms with Crippen molar-refractivity contribution in [3.8, 4) is 0 Å². The predicted octanol–water partition coefficient (Wildman–Crippen LogP) is 3.99. The van der Waals surface area contributed by atoms with E-state index in [1.807, 2.05) is 40.2 Å². The van der Waals surface area contributed by atoms with Gasteiger partial charge in [0.25, 0.3) is 0 Å². The minimum atomic E-state index is -0.00374. The third kappa shape index (κ3) is 2.68. The highest BCUT2D eigenvalue weighted by molar-refractivity contribution is 7.19. The summed E-state index contributed by atoms with van der Waals surface area (Å²) in [5.41, 5.74) is 3.43. The van der Waals surface area contributed by atoms with E-state index in [4.69, 9.17) is 0 Å². The van der Waals surface area contributed by atoms with Crippen molar-refractivity contribution in [2.75, 3.05) is 13.1 Å². The van der Waals surface area contributed by atoms with Crippen molar-refractivity contribution >= 4 is 32.5 Å². The van der Waals surface area contributed by atoms with E-state index in [1.54, 1.807) is 4.88 Å². The molecule has 132 valence electrons. The van der Waals surface area contributed by atoms with Crippen LogP contribution in [0.4, 0.5) is 0 Å². The summed E-state index contributed by atoms with van der Waals surface area (Å²) in [6.45, 7) is 3.93. The molecule has 1 N–H and O–H groups in total. The number of imidazole rings is 1. The summed E-state index contributed by atoms with van der Waals surface area (Å²) in [6.07, 6.45) is 2.13. The number of benzene rings is 2. The number of fused-ring (bicyclic) bond motifs is 4. The molecule has 2 aromatic heterocycles. The van der Waals surface area contributed by atoms with E-state index >= 15 is 0 Å². The molecule has 3 heterocycles. The lowest BCUT2D eigenvalue weighted by Gasteiger charge is -2.27. The van der Waals surface area contributed by atoms with Gasteiger partial charge in [0.2, 0.25) is 0 Å². The molecule has 2 aromatic carbocycles. The number of hydrogen-bond donors (Lipinski definition) is 1. The fourth-order valence-electron chi connectivity index (χ4n) is 4.06. The Morgan fingerprint density at radius 3 is 2.85 bits per heavy atom. The topological polar surface area (TPSA) is 41.0 Å². The Morgan fingerprint density at radius 1 is 1.04 bits per heavy atom. The highest BCUT2D eigenvalue weighted by Crippen LogP contribution is 2.35. The van der Waals surface area contributed by atoms with E-state index in [-0.39, 0.29) is 5.69 Å². The molecule has 0 fully saturated rings. The molecule has 5 heteroatoms. The van der Waals surface area contributed by atoms with Crippen molar-refractivity contribution in [1.29, 1.82) is 0 Å². The summed E-state index contributed by atoms with van der Waals surface area (Å²) in [6, 6.07) is 16.7. The molecule has 5 rings (SSSR count). The summed E-state index contributed by atoms with van der Waals surface area (Å²) in [7, 11) is 0. The van der Waals surface area contributed by atoms with Crippen LogP contribution in [-0.2, 0) is 19.5 Å². The minimum Gasteiger partial charge on any atom is -0.306 e. The Kier molecular flexibility index (Phi) is 3.91. The fraction of sp³-hybridized carbons (Fsp3) is 0.286. The van der Waals surface area contributed by atoms with Gasteiger partial charge in [-0.3, -0.25) is 9.47 Å². The summed E-state index contributed by atoms with van der Waals surface area (Å²) < 4.78 is 3.27. The summed E-state index contributed by atoms with van der Waals surface area (Å²) >= 11 is 1.95. The van der Waals surface area contributed by atoms with Crippen molar-refractivity contribution in [3.63, 3.8) is 0 Å². The molecule has 0 unspecified atom stereocenters. The van der Waals surface area contributed by atoms with Gasteiger partial charge in [-0.1, -0.05) is 30.3 Å². The Morgan fingerprint density at radius 2 is 1.88 bits per heavy atom. The minimum absolute atomic E-state index is 0.00374. The SMILES string of the molecule is O=c1[nH]c2ccccc2n1CCCN1CCc2sc3ccccc3c2C1. The van der Waals surface area contributed by atoms with E-state index in [0.717, 1.165) is 50.1 Å². The summed E-state index contributed by atoms with van der Waals surface area (Å²) in [5, 5.41) is 1.42. The maximum Gasteiger partial charge on any atom is 0.326 e. The monoisotopic (exact) mass is 363 g/mol. The van der Waals surface area contributed by atoms with Gasteiger partial charge in [0, 0.05) is 35.8 Å². The van der Waals surface area contributed by atoms with Crippen molar-refractivity contribution in [1.82, 2.24) is 14.5 Å². The second kappa shape index (κ2) is 6.41. The quantitative estimate of drug-likeness (QED) is 0.596. The second-order valence-corrected chi connectivity index (χ2v) is 8.12. The lowest BCUT2D eigenvalue weighted by atomic mass is 10.0. The largest absolute Gasteiger partial charge is 0.326 e. The predicted molar refractivity (Wildman–Crippen MR) is 108 cm³/mol. The third-order valence-corrected chi connectivity index (χ3v) is 6.63. The molecule has 0 bridgehead atoms. The van der Waals surface area contributed by atoms with Crippen LogP contribution in [0.3, 0.4) is 0 Å². The van der Waals surface area contributed by atoms with Crippen LogP contribution >= 0.6 is 11.3 Å². The molecule has 0 aliphatic carbocycles. The molecule has 26 heavy (non-hydrogen) atoms. The smallest absolute Gasteiger partial charge is 0.306 e. The number of H-pyrrole nitrogens is 1. The van der Waals surface area contributed by atoms with Gasteiger partial charge in [-0.25, -0.2) is 4.79 Å². The molecular weight excluding hydrogens is 342 g/mol. The van der Waals surface area contributed by atoms with E-state index < -0.39 is 0 Å². The molecule has 0 atom stereocenters. The molecule has 0 amide bonds. The number of hydrogen-bond acceptors (Lipinski definition) is 3. The zero-order chi connectivity index (χ0) is 17.5. The van der Waals surface area contributed by atoms with Gasteiger partial charge >= 0.3 is 5.69 Å². The molecule has 0 saturated heterocycles. The molecule has 0 radical (unpaired) electrons. The molecular formula is C21H21N3OS. The number of para-hydroxylation sites is 2. The van der Waals surface area contributed by atoms with E-state index in [9.17, 15) is 4.79 Å². The van der Waals surface area contributed by atoms with Crippen LogP contribution < -0.4 is 5.69 Å². The van der Waals surface area contributed by atoms with Gasteiger partial charge in [-0.05, 0) is 42.0 Å². The first kappa shape index (κ1) is 15.9. The highest BCUT2D eigenvalue weighted by atomic mass is 32.1. The van der Waals surface area contributed by atoms with Crippen molar-refractivity contribution < 1.29 is 0 Å². The first-order valence-corrected chi connectivity index (χ1v) is 10.0. The van der Waals surface area contributed by atoms with Crippen molar-refractivity contribution in [3.05, 3.63) is 69.5 Å². The molecule has 4 nitrogen and oxygen atoms in total. The zero-order valence-corrected chi connectivity index (χ0v) is 15.4. The maximum absolute atomic E-state index is 12.2.